The molecular formula is C15H21NO2Si. The van der Waals surface area contributed by atoms with E-state index >= 15 is 0 Å². The Kier molecular flexibility index (Phi) is 3.54. The average Bonchev–Trinajstić information content (AvgIpc) is 2.72. The molecule has 2 unspecified atom stereocenters. The molecule has 2 rings (SSSR count). The Morgan fingerprint density at radius 3 is 2.47 bits per heavy atom. The van der Waals surface area contributed by atoms with Gasteiger partial charge in [-0.1, -0.05) is 44.8 Å². The van der Waals surface area contributed by atoms with Crippen molar-refractivity contribution in [3.63, 3.8) is 0 Å². The van der Waals surface area contributed by atoms with Crippen LogP contribution in [0.2, 0.25) is 25.2 Å². The second-order valence-corrected chi connectivity index (χ2v) is 11.9. The topological polar surface area (TPSA) is 53.1 Å². The predicted molar refractivity (Wildman–Crippen MR) is 81.4 cm³/mol. The molecule has 3 nitrogen and oxygen atoms in total. The molecule has 0 aliphatic heterocycles. The van der Waals surface area contributed by atoms with Crippen molar-refractivity contribution < 1.29 is 9.90 Å². The minimum Gasteiger partial charge on any atom is -0.481 e. The lowest BCUT2D eigenvalue weighted by Crippen LogP contribution is -2.33. The lowest BCUT2D eigenvalue weighted by molar-refractivity contribution is -0.138. The zero-order chi connectivity index (χ0) is 14.2. The Hall–Kier alpha value is -1.55. The number of carboxylic acid groups (broad SMARTS) is 1. The highest BCUT2D eigenvalue weighted by Gasteiger charge is 2.36. The van der Waals surface area contributed by atoms with Gasteiger partial charge in [0, 0.05) is 25.2 Å². The van der Waals surface area contributed by atoms with Crippen LogP contribution < -0.4 is 0 Å². The van der Waals surface area contributed by atoms with Gasteiger partial charge in [0.05, 0.1) is 5.92 Å². The first-order chi connectivity index (χ1) is 8.82. The van der Waals surface area contributed by atoms with Gasteiger partial charge in [0.25, 0.3) is 0 Å². The molecular weight excluding hydrogens is 254 g/mol. The van der Waals surface area contributed by atoms with E-state index in [1.807, 2.05) is 30.5 Å². The van der Waals surface area contributed by atoms with Gasteiger partial charge in [-0.25, -0.2) is 0 Å². The summed E-state index contributed by atoms with van der Waals surface area (Å²) < 4.78 is 0. The first kappa shape index (κ1) is 13.9. The van der Waals surface area contributed by atoms with Crippen LogP contribution in [0.1, 0.15) is 18.4 Å². The van der Waals surface area contributed by atoms with Gasteiger partial charge in [0.2, 0.25) is 0 Å². The Morgan fingerprint density at radius 2 is 1.89 bits per heavy atom. The molecule has 0 spiro atoms. The van der Waals surface area contributed by atoms with Gasteiger partial charge in [-0.2, -0.15) is 0 Å². The minimum atomic E-state index is -1.52. The summed E-state index contributed by atoms with van der Waals surface area (Å²) in [6, 6.07) is 7.89. The molecule has 102 valence electrons. The van der Waals surface area contributed by atoms with Gasteiger partial charge >= 0.3 is 5.97 Å². The van der Waals surface area contributed by atoms with Gasteiger partial charge in [0.15, 0.2) is 0 Å². The number of hydrogen-bond acceptors (Lipinski definition) is 1. The van der Waals surface area contributed by atoms with Crippen LogP contribution in [-0.4, -0.2) is 24.1 Å². The highest BCUT2D eigenvalue weighted by Crippen LogP contribution is 2.39. The number of nitrogens with one attached hydrogen (secondary N) is 1. The fourth-order valence-corrected chi connectivity index (χ4v) is 3.79. The van der Waals surface area contributed by atoms with E-state index in [1.165, 1.54) is 0 Å². The lowest BCUT2D eigenvalue weighted by Gasteiger charge is -2.30. The summed E-state index contributed by atoms with van der Waals surface area (Å²) in [6.07, 6.45) is 1.86. The third kappa shape index (κ3) is 2.58. The third-order valence-corrected chi connectivity index (χ3v) is 7.15. The molecule has 0 saturated carbocycles. The number of fused-ring (bicyclic) bond motifs is 1. The SMILES string of the molecule is CC(C(C(=O)O)c1c[nH]c2ccccc12)[Si](C)(C)C. The minimum absolute atomic E-state index is 0.184. The van der Waals surface area contributed by atoms with Crippen molar-refractivity contribution in [3.8, 4) is 0 Å². The van der Waals surface area contributed by atoms with Crippen molar-refractivity contribution in [2.75, 3.05) is 0 Å². The molecule has 1 aromatic heterocycles. The third-order valence-electron chi connectivity index (χ3n) is 4.09. The molecule has 0 fully saturated rings. The summed E-state index contributed by atoms with van der Waals surface area (Å²) in [7, 11) is -1.52. The maximum atomic E-state index is 11.7. The highest BCUT2D eigenvalue weighted by atomic mass is 28.3. The van der Waals surface area contributed by atoms with Crippen LogP contribution >= 0.6 is 0 Å². The summed E-state index contributed by atoms with van der Waals surface area (Å²) >= 11 is 0. The lowest BCUT2D eigenvalue weighted by atomic mass is 9.95. The second-order valence-electron chi connectivity index (χ2n) is 6.26. The quantitative estimate of drug-likeness (QED) is 0.827. The normalized spacial score (nSPS) is 15.4. The molecule has 0 aliphatic rings. The summed E-state index contributed by atoms with van der Waals surface area (Å²) in [5.74, 6) is -1.15. The van der Waals surface area contributed by atoms with Crippen molar-refractivity contribution in [1.82, 2.24) is 4.98 Å². The van der Waals surface area contributed by atoms with Crippen molar-refractivity contribution >= 4 is 24.9 Å². The molecule has 1 heterocycles. The van der Waals surface area contributed by atoms with E-state index in [1.54, 1.807) is 0 Å². The number of benzene rings is 1. The summed E-state index contributed by atoms with van der Waals surface area (Å²) in [4.78, 5) is 14.9. The molecule has 0 radical (unpaired) electrons. The first-order valence-corrected chi connectivity index (χ1v) is 10.2. The largest absolute Gasteiger partial charge is 0.481 e. The number of carboxylic acids is 1. The number of hydrogen-bond donors (Lipinski definition) is 2. The number of aliphatic carboxylic acids is 1. The van der Waals surface area contributed by atoms with Gasteiger partial charge in [-0.15, -0.1) is 0 Å². The molecule has 0 amide bonds. The van der Waals surface area contributed by atoms with E-state index < -0.39 is 20.0 Å². The fraction of sp³-hybridized carbons (Fsp3) is 0.400. The smallest absolute Gasteiger partial charge is 0.311 e. The van der Waals surface area contributed by atoms with Crippen LogP contribution in [0.3, 0.4) is 0 Å². The number of aromatic nitrogens is 1. The predicted octanol–water partition coefficient (Wildman–Crippen LogP) is 4.06. The molecule has 4 heteroatoms. The average molecular weight is 275 g/mol. The molecule has 2 atom stereocenters. The molecule has 2 aromatic rings. The maximum absolute atomic E-state index is 11.7. The summed E-state index contributed by atoms with van der Waals surface area (Å²) in [5, 5.41) is 10.7. The van der Waals surface area contributed by atoms with E-state index in [0.717, 1.165) is 16.5 Å². The van der Waals surface area contributed by atoms with Crippen LogP contribution in [0, 0.1) is 0 Å². The number of para-hydroxylation sites is 1. The van der Waals surface area contributed by atoms with E-state index in [4.69, 9.17) is 0 Å². The van der Waals surface area contributed by atoms with Crippen molar-refractivity contribution in [3.05, 3.63) is 36.0 Å². The van der Waals surface area contributed by atoms with Crippen molar-refractivity contribution in [2.24, 2.45) is 0 Å². The Bertz CT molecular complexity index is 597. The Balaban J connectivity index is 2.54. The number of H-pyrrole nitrogens is 1. The van der Waals surface area contributed by atoms with Crippen LogP contribution in [0.25, 0.3) is 10.9 Å². The molecule has 1 aromatic carbocycles. The number of carbonyl (C=O) groups is 1. The molecule has 2 N–H and O–H groups in total. The van der Waals surface area contributed by atoms with Crippen molar-refractivity contribution in [2.45, 2.75) is 38.0 Å². The van der Waals surface area contributed by atoms with Crippen molar-refractivity contribution in [1.29, 1.82) is 0 Å². The Morgan fingerprint density at radius 1 is 1.26 bits per heavy atom. The fourth-order valence-electron chi connectivity index (χ4n) is 2.47. The first-order valence-electron chi connectivity index (χ1n) is 6.61. The monoisotopic (exact) mass is 275 g/mol. The van der Waals surface area contributed by atoms with Gasteiger partial charge in [-0.3, -0.25) is 4.79 Å². The van der Waals surface area contributed by atoms with Gasteiger partial charge in [0.1, 0.15) is 0 Å². The Labute approximate surface area is 114 Å². The van der Waals surface area contributed by atoms with Crippen LogP contribution in [0.15, 0.2) is 30.5 Å². The molecule has 19 heavy (non-hydrogen) atoms. The van der Waals surface area contributed by atoms with Gasteiger partial charge in [-0.05, 0) is 17.2 Å². The maximum Gasteiger partial charge on any atom is 0.311 e. The van der Waals surface area contributed by atoms with Crippen LogP contribution in [0.4, 0.5) is 0 Å². The zero-order valence-electron chi connectivity index (χ0n) is 11.9. The van der Waals surface area contributed by atoms with E-state index in [0.29, 0.717) is 0 Å². The second kappa shape index (κ2) is 4.85. The summed E-state index contributed by atoms with van der Waals surface area (Å²) in [5.41, 5.74) is 2.11. The van der Waals surface area contributed by atoms with E-state index in [-0.39, 0.29) is 5.54 Å². The number of rotatable bonds is 4. The molecule has 0 aliphatic carbocycles. The molecule has 0 saturated heterocycles. The van der Waals surface area contributed by atoms with Crippen LogP contribution in [0.5, 0.6) is 0 Å². The number of aromatic amines is 1. The van der Waals surface area contributed by atoms with Crippen LogP contribution in [-0.2, 0) is 4.79 Å². The van der Waals surface area contributed by atoms with E-state index in [9.17, 15) is 9.90 Å². The highest BCUT2D eigenvalue weighted by molar-refractivity contribution is 6.77. The molecule has 0 bridgehead atoms. The zero-order valence-corrected chi connectivity index (χ0v) is 12.9. The van der Waals surface area contributed by atoms with E-state index in [2.05, 4.69) is 31.5 Å². The van der Waals surface area contributed by atoms with Gasteiger partial charge < -0.3 is 10.1 Å². The standard InChI is InChI=1S/C15H21NO2Si/c1-10(19(2,3)4)14(15(17)18)12-9-16-13-8-6-5-7-11(12)13/h5-10,14,16H,1-4H3,(H,17,18). The summed E-state index contributed by atoms with van der Waals surface area (Å²) in [6.45, 7) is 8.75.